The molecule has 1 aliphatic heterocycles. The minimum Gasteiger partial charge on any atom is -0.480 e. The number of carboxylic acids is 1. The molecule has 110 valence electrons. The summed E-state index contributed by atoms with van der Waals surface area (Å²) in [5.41, 5.74) is 0. The Bertz CT molecular complexity index is 307. The van der Waals surface area contributed by atoms with E-state index < -0.39 is 19.0 Å². The molecular weight excluding hydrogens is 262 g/mol. The van der Waals surface area contributed by atoms with Crippen molar-refractivity contribution in [2.24, 2.45) is 0 Å². The molecule has 1 aliphatic rings. The van der Waals surface area contributed by atoms with Crippen LogP contribution < -0.4 is 0 Å². The molecule has 1 amide bonds. The number of amides is 1. The summed E-state index contributed by atoms with van der Waals surface area (Å²) in [5.74, 6) is -1.04. The predicted molar refractivity (Wildman–Crippen MR) is 62.1 cm³/mol. The van der Waals surface area contributed by atoms with Crippen molar-refractivity contribution in [1.82, 2.24) is 9.80 Å². The van der Waals surface area contributed by atoms with E-state index in [4.69, 9.17) is 5.11 Å². The van der Waals surface area contributed by atoms with E-state index in [-0.39, 0.29) is 25.5 Å². The molecule has 1 heterocycles. The van der Waals surface area contributed by atoms with Crippen LogP contribution in [0.2, 0.25) is 0 Å². The zero-order valence-corrected chi connectivity index (χ0v) is 10.6. The van der Waals surface area contributed by atoms with Gasteiger partial charge in [0.2, 0.25) is 5.91 Å². The molecule has 0 unspecified atom stereocenters. The van der Waals surface area contributed by atoms with Crippen LogP contribution in [0.4, 0.5) is 8.78 Å². The van der Waals surface area contributed by atoms with Crippen LogP contribution >= 0.6 is 0 Å². The van der Waals surface area contributed by atoms with Crippen molar-refractivity contribution in [2.45, 2.75) is 12.8 Å². The Kier molecular flexibility index (Phi) is 6.65. The van der Waals surface area contributed by atoms with Crippen molar-refractivity contribution in [3.8, 4) is 0 Å². The van der Waals surface area contributed by atoms with Gasteiger partial charge in [-0.25, -0.2) is 8.78 Å². The van der Waals surface area contributed by atoms with E-state index in [0.717, 1.165) is 0 Å². The third-order valence-electron chi connectivity index (χ3n) is 2.79. The Hall–Kier alpha value is -1.28. The number of carbonyl (C=O) groups is 2. The van der Waals surface area contributed by atoms with Gasteiger partial charge in [-0.15, -0.1) is 0 Å². The van der Waals surface area contributed by atoms with Crippen LogP contribution in [0.3, 0.4) is 0 Å². The van der Waals surface area contributed by atoms with Gasteiger partial charge in [0.05, 0.1) is 19.6 Å². The maximum atomic E-state index is 11.8. The highest BCUT2D eigenvalue weighted by Gasteiger charge is 2.21. The Morgan fingerprint density at radius 3 is 2.37 bits per heavy atom. The van der Waals surface area contributed by atoms with Gasteiger partial charge in [0.25, 0.3) is 6.43 Å². The molecule has 0 aliphatic carbocycles. The minimum absolute atomic E-state index is 0.0154. The monoisotopic (exact) mass is 280 g/mol. The Labute approximate surface area is 109 Å². The number of carboxylic acid groups (broad SMARTS) is 1. The molecule has 1 rings (SSSR count). The summed E-state index contributed by atoms with van der Waals surface area (Å²) in [7, 11) is 0. The molecule has 1 saturated heterocycles. The molecule has 0 spiro atoms. The van der Waals surface area contributed by atoms with Crippen LogP contribution in [0.15, 0.2) is 0 Å². The summed E-state index contributed by atoms with van der Waals surface area (Å²) in [4.78, 5) is 25.6. The summed E-state index contributed by atoms with van der Waals surface area (Å²) in [6.45, 7) is 1.24. The van der Waals surface area contributed by atoms with Crippen molar-refractivity contribution in [1.29, 1.82) is 0 Å². The number of piperazine rings is 1. The molecule has 0 aromatic carbocycles. The highest BCUT2D eigenvalue weighted by Crippen LogP contribution is 2.04. The smallest absolute Gasteiger partial charge is 0.317 e. The number of hydrogen-bond donors (Lipinski definition) is 1. The molecule has 1 fully saturated rings. The predicted octanol–water partition coefficient (Wildman–Crippen LogP) is -0.113. The number of rotatable bonds is 7. The Balaban J connectivity index is 2.16. The zero-order valence-electron chi connectivity index (χ0n) is 10.6. The topological polar surface area (TPSA) is 70.1 Å². The van der Waals surface area contributed by atoms with Gasteiger partial charge < -0.3 is 14.7 Å². The van der Waals surface area contributed by atoms with E-state index in [1.165, 1.54) is 0 Å². The lowest BCUT2D eigenvalue weighted by atomic mass is 10.3. The first kappa shape index (κ1) is 15.8. The molecule has 0 aromatic heterocycles. The maximum absolute atomic E-state index is 11.8. The van der Waals surface area contributed by atoms with Gasteiger partial charge in [-0.3, -0.25) is 14.5 Å². The summed E-state index contributed by atoms with van der Waals surface area (Å²) < 4.78 is 28.2. The van der Waals surface area contributed by atoms with Crippen LogP contribution in [-0.4, -0.2) is 79.1 Å². The lowest BCUT2D eigenvalue weighted by molar-refractivity contribution is -0.139. The highest BCUT2D eigenvalue weighted by molar-refractivity contribution is 5.76. The first-order valence-electron chi connectivity index (χ1n) is 6.07. The van der Waals surface area contributed by atoms with Gasteiger partial charge in [0, 0.05) is 26.2 Å². The van der Waals surface area contributed by atoms with E-state index in [2.05, 4.69) is 4.74 Å². The lowest BCUT2D eigenvalue weighted by Crippen LogP contribution is -2.50. The molecule has 1 N–H and O–H groups in total. The third-order valence-corrected chi connectivity index (χ3v) is 2.79. The van der Waals surface area contributed by atoms with Crippen LogP contribution in [0.1, 0.15) is 6.42 Å². The number of alkyl halides is 2. The van der Waals surface area contributed by atoms with Gasteiger partial charge in [0.15, 0.2) is 0 Å². The first-order chi connectivity index (χ1) is 8.99. The molecule has 6 nitrogen and oxygen atoms in total. The standard InChI is InChI=1S/C11H18F2N2O4/c12-9(13)8-19-6-1-10(16)15-4-2-14(3-5-15)7-11(17)18/h9H,1-8H2,(H,17,18). The van der Waals surface area contributed by atoms with Gasteiger partial charge in [-0.1, -0.05) is 0 Å². The summed E-state index contributed by atoms with van der Waals surface area (Å²) in [6.07, 6.45) is -2.44. The van der Waals surface area contributed by atoms with Crippen molar-refractivity contribution in [3.05, 3.63) is 0 Å². The van der Waals surface area contributed by atoms with Crippen molar-refractivity contribution in [3.63, 3.8) is 0 Å². The average Bonchev–Trinajstić information content (AvgIpc) is 2.34. The summed E-state index contributed by atoms with van der Waals surface area (Å²) in [6, 6.07) is 0. The molecule has 0 bridgehead atoms. The molecule has 0 atom stereocenters. The largest absolute Gasteiger partial charge is 0.480 e. The van der Waals surface area contributed by atoms with Gasteiger partial charge >= 0.3 is 5.97 Å². The fourth-order valence-corrected chi connectivity index (χ4v) is 1.84. The van der Waals surface area contributed by atoms with E-state index in [0.29, 0.717) is 26.2 Å². The molecule has 0 saturated carbocycles. The Morgan fingerprint density at radius 1 is 1.21 bits per heavy atom. The normalized spacial score (nSPS) is 16.9. The fraction of sp³-hybridized carbons (Fsp3) is 0.818. The number of carbonyl (C=O) groups excluding carboxylic acids is 1. The molecule has 0 radical (unpaired) electrons. The number of hydrogen-bond acceptors (Lipinski definition) is 4. The van der Waals surface area contributed by atoms with E-state index in [1.807, 2.05) is 0 Å². The third kappa shape index (κ3) is 6.44. The fourth-order valence-electron chi connectivity index (χ4n) is 1.84. The molecular formula is C11H18F2N2O4. The van der Waals surface area contributed by atoms with Gasteiger partial charge in [-0.05, 0) is 0 Å². The molecule has 8 heteroatoms. The second-order valence-electron chi connectivity index (χ2n) is 4.27. The number of halogens is 2. The van der Waals surface area contributed by atoms with Crippen LogP contribution in [0, 0.1) is 0 Å². The highest BCUT2D eigenvalue weighted by atomic mass is 19.3. The van der Waals surface area contributed by atoms with Crippen molar-refractivity contribution < 1.29 is 28.2 Å². The number of ether oxygens (including phenoxy) is 1. The molecule has 0 aromatic rings. The van der Waals surface area contributed by atoms with Crippen molar-refractivity contribution >= 4 is 11.9 Å². The Morgan fingerprint density at radius 2 is 1.84 bits per heavy atom. The second-order valence-corrected chi connectivity index (χ2v) is 4.27. The molecule has 19 heavy (non-hydrogen) atoms. The zero-order chi connectivity index (χ0) is 14.3. The SMILES string of the molecule is O=C(O)CN1CCN(C(=O)CCOCC(F)F)CC1. The summed E-state index contributed by atoms with van der Waals surface area (Å²) in [5, 5.41) is 8.63. The lowest BCUT2D eigenvalue weighted by Gasteiger charge is -2.33. The van der Waals surface area contributed by atoms with E-state index in [9.17, 15) is 18.4 Å². The number of aliphatic carboxylic acids is 1. The van der Waals surface area contributed by atoms with Gasteiger partial charge in [0.1, 0.15) is 6.61 Å². The van der Waals surface area contributed by atoms with Crippen LogP contribution in [0.25, 0.3) is 0 Å². The van der Waals surface area contributed by atoms with Crippen LogP contribution in [0.5, 0.6) is 0 Å². The second kappa shape index (κ2) is 8.00. The number of nitrogens with zero attached hydrogens (tertiary/aromatic N) is 2. The quantitative estimate of drug-likeness (QED) is 0.659. The maximum Gasteiger partial charge on any atom is 0.317 e. The summed E-state index contributed by atoms with van der Waals surface area (Å²) >= 11 is 0. The average molecular weight is 280 g/mol. The first-order valence-corrected chi connectivity index (χ1v) is 6.07. The van der Waals surface area contributed by atoms with Crippen LogP contribution in [-0.2, 0) is 14.3 Å². The van der Waals surface area contributed by atoms with E-state index in [1.54, 1.807) is 9.80 Å². The van der Waals surface area contributed by atoms with E-state index >= 15 is 0 Å². The van der Waals surface area contributed by atoms with Gasteiger partial charge in [-0.2, -0.15) is 0 Å². The van der Waals surface area contributed by atoms with Crippen molar-refractivity contribution in [2.75, 3.05) is 45.9 Å². The minimum atomic E-state index is -2.52.